The molecular formula is C38H44O2. The highest BCUT2D eigenvalue weighted by molar-refractivity contribution is 6.27. The van der Waals surface area contributed by atoms with Gasteiger partial charge in [0.15, 0.2) is 0 Å². The molecule has 0 bridgehead atoms. The highest BCUT2D eigenvalue weighted by Gasteiger charge is 2.17. The Hall–Kier alpha value is -3.26. The lowest BCUT2D eigenvalue weighted by molar-refractivity contribution is 0.360. The molecule has 0 amide bonds. The van der Waals surface area contributed by atoms with Gasteiger partial charge in [-0.05, 0) is 108 Å². The Kier molecular flexibility index (Phi) is 6.93. The van der Waals surface area contributed by atoms with Gasteiger partial charge >= 0.3 is 0 Å². The third-order valence-electron chi connectivity index (χ3n) is 8.48. The zero-order valence-electron chi connectivity index (χ0n) is 25.2. The Balaban J connectivity index is 1.32. The molecule has 2 aromatic heterocycles. The lowest BCUT2D eigenvalue weighted by Crippen LogP contribution is -2.04. The number of fused-ring (bicyclic) bond motifs is 9. The molecule has 0 unspecified atom stereocenters. The SMILES string of the molecule is CC(C)(C)CCCCc1ccc2c(c1)oc1ccc3c(ccc4oc5cc(CCCCC(C)(C)C)ccc5c43)c12. The summed E-state index contributed by atoms with van der Waals surface area (Å²) in [4.78, 5) is 0. The van der Waals surface area contributed by atoms with E-state index in [1.807, 2.05) is 0 Å². The van der Waals surface area contributed by atoms with E-state index in [0.29, 0.717) is 10.8 Å². The fourth-order valence-corrected chi connectivity index (χ4v) is 6.32. The van der Waals surface area contributed by atoms with Crippen LogP contribution in [0.15, 0.2) is 69.5 Å². The number of rotatable bonds is 8. The van der Waals surface area contributed by atoms with Gasteiger partial charge in [-0.1, -0.05) is 78.6 Å². The summed E-state index contributed by atoms with van der Waals surface area (Å²) >= 11 is 0. The molecule has 2 heteroatoms. The van der Waals surface area contributed by atoms with E-state index in [1.54, 1.807) is 0 Å². The van der Waals surface area contributed by atoms with E-state index in [4.69, 9.17) is 8.83 Å². The van der Waals surface area contributed by atoms with Crippen LogP contribution in [0.1, 0.15) is 91.2 Å². The predicted octanol–water partition coefficient (Wildman–Crippen LogP) is 12.2. The number of unbranched alkanes of at least 4 members (excludes halogenated alkanes) is 2. The molecule has 6 aromatic rings. The molecule has 6 rings (SSSR count). The first-order valence-electron chi connectivity index (χ1n) is 15.3. The van der Waals surface area contributed by atoms with Crippen molar-refractivity contribution in [3.8, 4) is 0 Å². The van der Waals surface area contributed by atoms with E-state index >= 15 is 0 Å². The van der Waals surface area contributed by atoms with Gasteiger partial charge in [-0.25, -0.2) is 0 Å². The van der Waals surface area contributed by atoms with Crippen LogP contribution in [0.3, 0.4) is 0 Å². The maximum atomic E-state index is 6.40. The van der Waals surface area contributed by atoms with Gasteiger partial charge in [-0.3, -0.25) is 0 Å². The lowest BCUT2D eigenvalue weighted by Gasteiger charge is -2.17. The quantitative estimate of drug-likeness (QED) is 0.182. The van der Waals surface area contributed by atoms with Crippen LogP contribution in [0.4, 0.5) is 0 Å². The molecule has 0 aliphatic heterocycles. The second kappa shape index (κ2) is 10.3. The van der Waals surface area contributed by atoms with E-state index < -0.39 is 0 Å². The van der Waals surface area contributed by atoms with Crippen molar-refractivity contribution in [3.63, 3.8) is 0 Å². The first kappa shape index (κ1) is 26.9. The maximum absolute atomic E-state index is 6.40. The largest absolute Gasteiger partial charge is 0.456 e. The second-order valence-electron chi connectivity index (χ2n) is 14.4. The fourth-order valence-electron chi connectivity index (χ4n) is 6.32. The van der Waals surface area contributed by atoms with Gasteiger partial charge < -0.3 is 8.83 Å². The van der Waals surface area contributed by atoms with E-state index in [9.17, 15) is 0 Å². The van der Waals surface area contributed by atoms with E-state index in [0.717, 1.165) is 35.2 Å². The minimum absolute atomic E-state index is 0.406. The standard InChI is InChI=1S/C38H44O2/c1-37(2,3)21-9-7-11-25-13-15-29-33(23-25)39-31-19-17-28-27(35(29)31)18-20-32-36(28)30-16-14-26(24-34(30)40-32)12-8-10-22-38(4,5)6/h13-20,23-24H,7-12,21-22H2,1-6H3. The smallest absolute Gasteiger partial charge is 0.136 e. The van der Waals surface area contributed by atoms with Crippen LogP contribution < -0.4 is 0 Å². The van der Waals surface area contributed by atoms with Crippen LogP contribution in [-0.4, -0.2) is 0 Å². The normalized spacial score (nSPS) is 13.1. The van der Waals surface area contributed by atoms with Crippen molar-refractivity contribution in [2.45, 2.75) is 92.9 Å². The van der Waals surface area contributed by atoms with Crippen LogP contribution >= 0.6 is 0 Å². The predicted molar refractivity (Wildman–Crippen MR) is 173 cm³/mol. The Morgan fingerprint density at radius 1 is 0.450 bits per heavy atom. The first-order chi connectivity index (χ1) is 19.1. The number of hydrogen-bond donors (Lipinski definition) is 0. The molecule has 0 spiro atoms. The molecule has 0 atom stereocenters. The Morgan fingerprint density at radius 2 is 0.850 bits per heavy atom. The summed E-state index contributed by atoms with van der Waals surface area (Å²) in [5.74, 6) is 0. The minimum atomic E-state index is 0.406. The molecule has 0 aliphatic rings. The molecule has 0 fully saturated rings. The van der Waals surface area contributed by atoms with Crippen LogP contribution in [0.25, 0.3) is 54.6 Å². The Morgan fingerprint density at radius 3 is 1.25 bits per heavy atom. The highest BCUT2D eigenvalue weighted by Crippen LogP contribution is 2.41. The molecule has 0 N–H and O–H groups in total. The van der Waals surface area contributed by atoms with Crippen molar-refractivity contribution in [2.75, 3.05) is 0 Å². The summed E-state index contributed by atoms with van der Waals surface area (Å²) in [7, 11) is 0. The Labute approximate surface area is 238 Å². The van der Waals surface area contributed by atoms with E-state index in [1.165, 1.54) is 82.0 Å². The van der Waals surface area contributed by atoms with Gasteiger partial charge in [-0.15, -0.1) is 0 Å². The third-order valence-corrected chi connectivity index (χ3v) is 8.48. The average Bonchev–Trinajstić information content (AvgIpc) is 3.45. The lowest BCUT2D eigenvalue weighted by atomic mass is 9.89. The summed E-state index contributed by atoms with van der Waals surface area (Å²) in [5.41, 5.74) is 7.43. The molecule has 0 radical (unpaired) electrons. The first-order valence-corrected chi connectivity index (χ1v) is 15.3. The molecule has 2 nitrogen and oxygen atoms in total. The topological polar surface area (TPSA) is 26.3 Å². The maximum Gasteiger partial charge on any atom is 0.136 e. The molecule has 40 heavy (non-hydrogen) atoms. The number of furan rings is 2. The monoisotopic (exact) mass is 532 g/mol. The number of hydrogen-bond acceptors (Lipinski definition) is 2. The van der Waals surface area contributed by atoms with Crippen molar-refractivity contribution < 1.29 is 8.83 Å². The molecule has 0 aliphatic carbocycles. The summed E-state index contributed by atoms with van der Waals surface area (Å²) in [6.45, 7) is 13.9. The van der Waals surface area contributed by atoms with Crippen LogP contribution in [-0.2, 0) is 12.8 Å². The van der Waals surface area contributed by atoms with Crippen molar-refractivity contribution in [1.29, 1.82) is 0 Å². The van der Waals surface area contributed by atoms with E-state index in [-0.39, 0.29) is 0 Å². The summed E-state index contributed by atoms with van der Waals surface area (Å²) in [6, 6.07) is 22.3. The van der Waals surface area contributed by atoms with Gasteiger partial charge in [0.25, 0.3) is 0 Å². The molecular weight excluding hydrogens is 488 g/mol. The van der Waals surface area contributed by atoms with Crippen molar-refractivity contribution in [1.82, 2.24) is 0 Å². The summed E-state index contributed by atoms with van der Waals surface area (Å²) < 4.78 is 12.8. The number of aryl methyl sites for hydroxylation is 2. The highest BCUT2D eigenvalue weighted by atomic mass is 16.3. The molecule has 4 aromatic carbocycles. The summed E-state index contributed by atoms with van der Waals surface area (Å²) in [6.07, 6.45) is 9.70. The minimum Gasteiger partial charge on any atom is -0.456 e. The molecule has 0 saturated heterocycles. The van der Waals surface area contributed by atoms with Gasteiger partial charge in [-0.2, -0.15) is 0 Å². The van der Waals surface area contributed by atoms with Gasteiger partial charge in [0.2, 0.25) is 0 Å². The fraction of sp³-hybridized carbons (Fsp3) is 0.421. The average molecular weight is 533 g/mol. The van der Waals surface area contributed by atoms with Gasteiger partial charge in [0.1, 0.15) is 22.3 Å². The zero-order chi connectivity index (χ0) is 28.1. The molecule has 2 heterocycles. The van der Waals surface area contributed by atoms with Crippen LogP contribution in [0.2, 0.25) is 0 Å². The zero-order valence-corrected chi connectivity index (χ0v) is 25.2. The second-order valence-corrected chi connectivity index (χ2v) is 14.4. The van der Waals surface area contributed by atoms with Gasteiger partial charge in [0, 0.05) is 21.5 Å². The number of benzene rings is 4. The third kappa shape index (κ3) is 5.51. The van der Waals surface area contributed by atoms with Crippen molar-refractivity contribution in [3.05, 3.63) is 71.8 Å². The molecule has 208 valence electrons. The van der Waals surface area contributed by atoms with Crippen LogP contribution in [0, 0.1) is 10.8 Å². The van der Waals surface area contributed by atoms with Crippen molar-refractivity contribution in [2.24, 2.45) is 10.8 Å². The van der Waals surface area contributed by atoms with Crippen molar-refractivity contribution >= 4 is 54.6 Å². The Bertz CT molecular complexity index is 1680. The van der Waals surface area contributed by atoms with E-state index in [2.05, 4.69) is 102 Å². The molecule has 0 saturated carbocycles. The van der Waals surface area contributed by atoms with Crippen LogP contribution in [0.5, 0.6) is 0 Å². The van der Waals surface area contributed by atoms with Gasteiger partial charge in [0.05, 0.1) is 0 Å². The summed E-state index contributed by atoms with van der Waals surface area (Å²) in [5, 5.41) is 7.27.